The van der Waals surface area contributed by atoms with E-state index < -0.39 is 19.0 Å². The average Bonchev–Trinajstić information content (AvgIpc) is 2.19. The van der Waals surface area contributed by atoms with Gasteiger partial charge in [0.05, 0.1) is 5.69 Å². The van der Waals surface area contributed by atoms with E-state index in [0.29, 0.717) is 0 Å². The molecule has 0 aromatic heterocycles. The Hall–Kier alpha value is -1.46. The number of nitrogens with two attached hydrogens (primary N) is 1. The second-order valence-electron chi connectivity index (χ2n) is 3.39. The molecule has 0 aliphatic carbocycles. The number of alkyl halides is 4. The van der Waals surface area contributed by atoms with Crippen molar-refractivity contribution in [2.75, 3.05) is 12.3 Å². The van der Waals surface area contributed by atoms with E-state index in [9.17, 15) is 17.6 Å². The molecule has 0 saturated heterocycles. The highest BCUT2D eigenvalue weighted by Crippen LogP contribution is 2.27. The molecule has 0 amide bonds. The summed E-state index contributed by atoms with van der Waals surface area (Å²) in [5.41, 5.74) is 6.31. The molecule has 0 unspecified atom stereocenters. The van der Waals surface area contributed by atoms with Gasteiger partial charge in [0.15, 0.2) is 6.61 Å². The molecular formula is C10H11F4NO. The molecule has 0 aliphatic rings. The van der Waals surface area contributed by atoms with Crippen LogP contribution in [0.3, 0.4) is 0 Å². The van der Waals surface area contributed by atoms with E-state index in [-0.39, 0.29) is 11.4 Å². The van der Waals surface area contributed by atoms with Gasteiger partial charge in [-0.1, -0.05) is 6.07 Å². The molecule has 0 bridgehead atoms. The van der Waals surface area contributed by atoms with Gasteiger partial charge in [0.25, 0.3) is 0 Å². The van der Waals surface area contributed by atoms with Crippen LogP contribution < -0.4 is 10.5 Å². The first-order valence-corrected chi connectivity index (χ1v) is 4.48. The van der Waals surface area contributed by atoms with Gasteiger partial charge in [0.1, 0.15) is 5.75 Å². The smallest absolute Gasteiger partial charge is 0.340 e. The van der Waals surface area contributed by atoms with Gasteiger partial charge in [-0.3, -0.25) is 0 Å². The lowest BCUT2D eigenvalue weighted by Gasteiger charge is -2.17. The fourth-order valence-corrected chi connectivity index (χ4v) is 1.00. The number of hydrogen-bond donors (Lipinski definition) is 1. The van der Waals surface area contributed by atoms with E-state index in [1.54, 1.807) is 13.0 Å². The van der Waals surface area contributed by atoms with Crippen molar-refractivity contribution in [2.24, 2.45) is 0 Å². The van der Waals surface area contributed by atoms with Gasteiger partial charge in [-0.2, -0.15) is 8.78 Å². The van der Waals surface area contributed by atoms with Gasteiger partial charge in [-0.05, 0) is 24.6 Å². The fraction of sp³-hybridized carbons (Fsp3) is 0.400. The first-order valence-electron chi connectivity index (χ1n) is 4.48. The second kappa shape index (κ2) is 4.59. The van der Waals surface area contributed by atoms with Gasteiger partial charge in [-0.15, -0.1) is 0 Å². The lowest BCUT2D eigenvalue weighted by atomic mass is 10.2. The first-order chi connectivity index (χ1) is 7.33. The predicted octanol–water partition coefficient (Wildman–Crippen LogP) is 2.86. The number of rotatable bonds is 4. The molecule has 1 rings (SSSR count). The maximum absolute atomic E-state index is 12.5. The molecule has 90 valence electrons. The molecule has 0 radical (unpaired) electrons. The third-order valence-corrected chi connectivity index (χ3v) is 1.91. The highest BCUT2D eigenvalue weighted by molar-refractivity contribution is 5.53. The van der Waals surface area contributed by atoms with Crippen molar-refractivity contribution in [3.05, 3.63) is 23.8 Å². The second-order valence-corrected chi connectivity index (χ2v) is 3.39. The molecule has 1 aromatic rings. The Morgan fingerprint density at radius 3 is 2.56 bits per heavy atom. The molecule has 2 N–H and O–H groups in total. The maximum Gasteiger partial charge on any atom is 0.340 e. The minimum absolute atomic E-state index is 0.0136. The van der Waals surface area contributed by atoms with Crippen LogP contribution in [0.4, 0.5) is 23.2 Å². The van der Waals surface area contributed by atoms with Crippen molar-refractivity contribution < 1.29 is 22.3 Å². The summed E-state index contributed by atoms with van der Waals surface area (Å²) in [4.78, 5) is 0. The third-order valence-electron chi connectivity index (χ3n) is 1.91. The van der Waals surface area contributed by atoms with Gasteiger partial charge >= 0.3 is 12.3 Å². The van der Waals surface area contributed by atoms with Crippen LogP contribution in [-0.4, -0.2) is 19.0 Å². The standard InChI is InChI=1S/C10H11F4NO/c1-6-2-3-7(15)8(4-6)16-5-10(13,14)9(11)12/h2-4,9H,5,15H2,1H3. The lowest BCUT2D eigenvalue weighted by Crippen LogP contribution is -2.33. The van der Waals surface area contributed by atoms with Crippen molar-refractivity contribution in [1.82, 2.24) is 0 Å². The Morgan fingerprint density at radius 1 is 1.38 bits per heavy atom. The van der Waals surface area contributed by atoms with Crippen molar-refractivity contribution in [3.63, 3.8) is 0 Å². The number of halogens is 4. The number of hydrogen-bond acceptors (Lipinski definition) is 2. The largest absolute Gasteiger partial charge is 0.485 e. The third kappa shape index (κ3) is 3.01. The average molecular weight is 237 g/mol. The van der Waals surface area contributed by atoms with Crippen LogP contribution in [0, 0.1) is 6.92 Å². The molecule has 0 spiro atoms. The number of anilines is 1. The van der Waals surface area contributed by atoms with Crippen LogP contribution in [0.1, 0.15) is 5.56 Å². The molecule has 2 nitrogen and oxygen atoms in total. The van der Waals surface area contributed by atoms with E-state index in [2.05, 4.69) is 4.74 Å². The van der Waals surface area contributed by atoms with Crippen LogP contribution in [0.15, 0.2) is 18.2 Å². The highest BCUT2D eigenvalue weighted by atomic mass is 19.3. The number of nitrogen functional groups attached to an aromatic ring is 1. The van der Waals surface area contributed by atoms with E-state index in [1.807, 2.05) is 0 Å². The van der Waals surface area contributed by atoms with Gasteiger partial charge in [0.2, 0.25) is 0 Å². The van der Waals surface area contributed by atoms with Crippen LogP contribution >= 0.6 is 0 Å². The highest BCUT2D eigenvalue weighted by Gasteiger charge is 2.41. The van der Waals surface area contributed by atoms with E-state index in [1.165, 1.54) is 12.1 Å². The van der Waals surface area contributed by atoms with Crippen LogP contribution in [0.2, 0.25) is 0 Å². The zero-order chi connectivity index (χ0) is 12.3. The minimum Gasteiger partial charge on any atom is -0.485 e. The monoisotopic (exact) mass is 237 g/mol. The molecule has 6 heteroatoms. The quantitative estimate of drug-likeness (QED) is 0.645. The van der Waals surface area contributed by atoms with Crippen LogP contribution in [0.5, 0.6) is 5.75 Å². The summed E-state index contributed by atoms with van der Waals surface area (Å²) in [6.07, 6.45) is -3.75. The minimum atomic E-state index is -4.17. The van der Waals surface area contributed by atoms with Gasteiger partial charge in [-0.25, -0.2) is 8.78 Å². The van der Waals surface area contributed by atoms with E-state index >= 15 is 0 Å². The van der Waals surface area contributed by atoms with E-state index in [0.717, 1.165) is 5.56 Å². The predicted molar refractivity (Wildman–Crippen MR) is 52.0 cm³/mol. The topological polar surface area (TPSA) is 35.2 Å². The van der Waals surface area contributed by atoms with Gasteiger partial charge in [0, 0.05) is 0 Å². The number of ether oxygens (including phenoxy) is 1. The number of aryl methyl sites for hydroxylation is 1. The lowest BCUT2D eigenvalue weighted by molar-refractivity contribution is -0.148. The Morgan fingerprint density at radius 2 is 2.00 bits per heavy atom. The molecule has 0 atom stereocenters. The van der Waals surface area contributed by atoms with Crippen molar-refractivity contribution in [2.45, 2.75) is 19.3 Å². The Bertz CT molecular complexity index is 368. The molecule has 16 heavy (non-hydrogen) atoms. The number of benzene rings is 1. The fourth-order valence-electron chi connectivity index (χ4n) is 1.00. The van der Waals surface area contributed by atoms with Crippen molar-refractivity contribution in [1.29, 1.82) is 0 Å². The molecule has 0 heterocycles. The van der Waals surface area contributed by atoms with E-state index in [4.69, 9.17) is 5.73 Å². The van der Waals surface area contributed by atoms with Crippen LogP contribution in [-0.2, 0) is 0 Å². The summed E-state index contributed by atoms with van der Waals surface area (Å²) >= 11 is 0. The zero-order valence-corrected chi connectivity index (χ0v) is 8.51. The Kier molecular flexibility index (Phi) is 3.62. The molecule has 0 saturated carbocycles. The first kappa shape index (κ1) is 12.6. The van der Waals surface area contributed by atoms with Crippen LogP contribution in [0.25, 0.3) is 0 Å². The van der Waals surface area contributed by atoms with Crippen molar-refractivity contribution in [3.8, 4) is 5.75 Å². The molecule has 0 fully saturated rings. The summed E-state index contributed by atoms with van der Waals surface area (Å²) in [7, 11) is 0. The Labute approximate surface area is 90.0 Å². The maximum atomic E-state index is 12.5. The Balaban J connectivity index is 2.71. The normalized spacial score (nSPS) is 11.9. The zero-order valence-electron chi connectivity index (χ0n) is 8.51. The molecule has 1 aromatic carbocycles. The molecular weight excluding hydrogens is 226 g/mol. The summed E-state index contributed by atoms with van der Waals surface area (Å²) in [6.45, 7) is 0.315. The summed E-state index contributed by atoms with van der Waals surface area (Å²) in [6, 6.07) is 4.54. The van der Waals surface area contributed by atoms with Gasteiger partial charge < -0.3 is 10.5 Å². The summed E-state index contributed by atoms with van der Waals surface area (Å²) < 4.78 is 53.4. The summed E-state index contributed by atoms with van der Waals surface area (Å²) in [5, 5.41) is 0. The molecule has 0 aliphatic heterocycles. The SMILES string of the molecule is Cc1ccc(N)c(OCC(F)(F)C(F)F)c1. The van der Waals surface area contributed by atoms with Crippen molar-refractivity contribution >= 4 is 5.69 Å². The summed E-state index contributed by atoms with van der Waals surface area (Å²) in [5.74, 6) is -4.18.